The SMILES string of the molecule is CCCCc1ccc(N=Cc2cc(Br)cc(OC)c2O)cc1. The lowest BCUT2D eigenvalue weighted by atomic mass is 10.1. The maximum atomic E-state index is 10.1. The van der Waals surface area contributed by atoms with Crippen LogP contribution in [0.1, 0.15) is 30.9 Å². The van der Waals surface area contributed by atoms with E-state index in [1.165, 1.54) is 25.5 Å². The molecule has 116 valence electrons. The van der Waals surface area contributed by atoms with Crippen molar-refractivity contribution < 1.29 is 9.84 Å². The van der Waals surface area contributed by atoms with Gasteiger partial charge in [-0.3, -0.25) is 4.99 Å². The first-order valence-corrected chi connectivity index (χ1v) is 8.13. The molecule has 0 saturated carbocycles. The molecule has 0 unspecified atom stereocenters. The molecule has 22 heavy (non-hydrogen) atoms. The second-order valence-electron chi connectivity index (χ2n) is 5.07. The van der Waals surface area contributed by atoms with Gasteiger partial charge in [0.1, 0.15) is 0 Å². The summed E-state index contributed by atoms with van der Waals surface area (Å²) in [7, 11) is 1.53. The number of hydrogen-bond acceptors (Lipinski definition) is 3. The van der Waals surface area contributed by atoms with Crippen molar-refractivity contribution in [3.63, 3.8) is 0 Å². The highest BCUT2D eigenvalue weighted by Crippen LogP contribution is 2.32. The van der Waals surface area contributed by atoms with Crippen LogP contribution in [0.15, 0.2) is 45.9 Å². The van der Waals surface area contributed by atoms with E-state index in [1.807, 2.05) is 12.1 Å². The monoisotopic (exact) mass is 361 g/mol. The van der Waals surface area contributed by atoms with E-state index < -0.39 is 0 Å². The molecule has 0 aromatic heterocycles. The molecule has 3 nitrogen and oxygen atoms in total. The normalized spacial score (nSPS) is 11.0. The molecule has 0 saturated heterocycles. The topological polar surface area (TPSA) is 41.8 Å². The van der Waals surface area contributed by atoms with Crippen LogP contribution in [0.2, 0.25) is 0 Å². The molecular formula is C18H20BrNO2. The maximum absolute atomic E-state index is 10.1. The van der Waals surface area contributed by atoms with Crippen LogP contribution in [0.4, 0.5) is 5.69 Å². The van der Waals surface area contributed by atoms with E-state index in [1.54, 1.807) is 18.3 Å². The summed E-state index contributed by atoms with van der Waals surface area (Å²) in [6, 6.07) is 11.7. The molecule has 2 aromatic carbocycles. The number of ether oxygens (including phenoxy) is 1. The number of phenols is 1. The molecule has 0 spiro atoms. The quantitative estimate of drug-likeness (QED) is 0.713. The van der Waals surface area contributed by atoms with Gasteiger partial charge in [0, 0.05) is 16.3 Å². The highest BCUT2D eigenvalue weighted by atomic mass is 79.9. The van der Waals surface area contributed by atoms with Crippen molar-refractivity contribution in [1.29, 1.82) is 0 Å². The number of phenolic OH excluding ortho intramolecular Hbond substituents is 1. The molecule has 0 heterocycles. The molecule has 0 atom stereocenters. The lowest BCUT2D eigenvalue weighted by Crippen LogP contribution is -1.89. The van der Waals surface area contributed by atoms with Gasteiger partial charge in [0.05, 0.1) is 12.8 Å². The van der Waals surface area contributed by atoms with Gasteiger partial charge in [0.2, 0.25) is 0 Å². The lowest BCUT2D eigenvalue weighted by molar-refractivity contribution is 0.373. The zero-order chi connectivity index (χ0) is 15.9. The molecular weight excluding hydrogens is 342 g/mol. The van der Waals surface area contributed by atoms with Gasteiger partial charge in [-0.2, -0.15) is 0 Å². The van der Waals surface area contributed by atoms with Crippen molar-refractivity contribution >= 4 is 27.8 Å². The third kappa shape index (κ3) is 4.34. The van der Waals surface area contributed by atoms with E-state index in [0.717, 1.165) is 16.6 Å². The number of rotatable bonds is 6. The van der Waals surface area contributed by atoms with Gasteiger partial charge in [0.15, 0.2) is 11.5 Å². The minimum atomic E-state index is 0.0917. The fourth-order valence-electron chi connectivity index (χ4n) is 2.12. The van der Waals surface area contributed by atoms with Crippen LogP contribution < -0.4 is 4.74 Å². The Kier molecular flexibility index (Phi) is 6.01. The molecule has 0 amide bonds. The third-order valence-corrected chi connectivity index (χ3v) is 3.86. The number of aryl methyl sites for hydroxylation is 1. The van der Waals surface area contributed by atoms with Gasteiger partial charge in [-0.05, 0) is 42.7 Å². The van der Waals surface area contributed by atoms with E-state index in [2.05, 4.69) is 40.0 Å². The first-order valence-electron chi connectivity index (χ1n) is 7.33. The van der Waals surface area contributed by atoms with E-state index in [0.29, 0.717) is 11.3 Å². The summed E-state index contributed by atoms with van der Waals surface area (Å²) < 4.78 is 5.96. The smallest absolute Gasteiger partial charge is 0.166 e. The molecule has 0 radical (unpaired) electrons. The fraction of sp³-hybridized carbons (Fsp3) is 0.278. The molecule has 0 aliphatic rings. The largest absolute Gasteiger partial charge is 0.504 e. The Hall–Kier alpha value is -1.81. The number of aromatic hydroxyl groups is 1. The van der Waals surface area contributed by atoms with Gasteiger partial charge in [-0.15, -0.1) is 0 Å². The molecule has 2 aromatic rings. The van der Waals surface area contributed by atoms with Crippen LogP contribution in [0, 0.1) is 0 Å². The Labute approximate surface area is 139 Å². The molecule has 0 aliphatic heterocycles. The van der Waals surface area contributed by atoms with Crippen molar-refractivity contribution in [1.82, 2.24) is 0 Å². The summed E-state index contributed by atoms with van der Waals surface area (Å²) in [6.07, 6.45) is 5.14. The van der Waals surface area contributed by atoms with Crippen LogP contribution in [0.25, 0.3) is 0 Å². The summed E-state index contributed by atoms with van der Waals surface area (Å²) in [5, 5.41) is 10.1. The first kappa shape index (κ1) is 16.6. The third-order valence-electron chi connectivity index (χ3n) is 3.40. The average Bonchev–Trinajstić information content (AvgIpc) is 2.54. The molecule has 4 heteroatoms. The maximum Gasteiger partial charge on any atom is 0.166 e. The van der Waals surface area contributed by atoms with Gasteiger partial charge in [-0.25, -0.2) is 0 Å². The highest BCUT2D eigenvalue weighted by molar-refractivity contribution is 9.10. The van der Waals surface area contributed by atoms with Gasteiger partial charge in [-0.1, -0.05) is 41.4 Å². The van der Waals surface area contributed by atoms with Crippen LogP contribution in [-0.4, -0.2) is 18.4 Å². The van der Waals surface area contributed by atoms with E-state index in [4.69, 9.17) is 4.74 Å². The fourth-order valence-corrected chi connectivity index (χ4v) is 2.58. The van der Waals surface area contributed by atoms with E-state index in [9.17, 15) is 5.11 Å². The van der Waals surface area contributed by atoms with Crippen molar-refractivity contribution in [3.05, 3.63) is 52.0 Å². The number of halogens is 1. The number of nitrogens with zero attached hydrogens (tertiary/aromatic N) is 1. The zero-order valence-corrected chi connectivity index (χ0v) is 14.4. The van der Waals surface area contributed by atoms with Crippen molar-refractivity contribution in [2.75, 3.05) is 7.11 Å². The number of hydrogen-bond donors (Lipinski definition) is 1. The summed E-state index contributed by atoms with van der Waals surface area (Å²) in [4.78, 5) is 4.41. The van der Waals surface area contributed by atoms with Crippen LogP contribution in [0.3, 0.4) is 0 Å². The standard InChI is InChI=1S/C18H20BrNO2/c1-3-4-5-13-6-8-16(9-7-13)20-12-14-10-15(19)11-17(22-2)18(14)21/h6-12,21H,3-5H2,1-2H3. The highest BCUT2D eigenvalue weighted by Gasteiger charge is 2.07. The zero-order valence-electron chi connectivity index (χ0n) is 12.8. The minimum Gasteiger partial charge on any atom is -0.504 e. The predicted molar refractivity (Wildman–Crippen MR) is 94.7 cm³/mol. The van der Waals surface area contributed by atoms with Gasteiger partial charge in [0.25, 0.3) is 0 Å². The minimum absolute atomic E-state index is 0.0917. The summed E-state index contributed by atoms with van der Waals surface area (Å²) >= 11 is 3.39. The van der Waals surface area contributed by atoms with Crippen LogP contribution in [-0.2, 0) is 6.42 Å². The average molecular weight is 362 g/mol. The Morgan fingerprint density at radius 1 is 1.23 bits per heavy atom. The Morgan fingerprint density at radius 2 is 1.95 bits per heavy atom. The summed E-state index contributed by atoms with van der Waals surface area (Å²) in [5.41, 5.74) is 2.80. The Balaban J connectivity index is 2.16. The van der Waals surface area contributed by atoms with Crippen LogP contribution in [0.5, 0.6) is 11.5 Å². The molecule has 0 fully saturated rings. The van der Waals surface area contributed by atoms with E-state index >= 15 is 0 Å². The number of benzene rings is 2. The second kappa shape index (κ2) is 7.99. The Morgan fingerprint density at radius 3 is 2.59 bits per heavy atom. The van der Waals surface area contributed by atoms with E-state index in [-0.39, 0.29) is 5.75 Å². The number of aliphatic imine (C=N–C) groups is 1. The van der Waals surface area contributed by atoms with Gasteiger partial charge < -0.3 is 9.84 Å². The Bertz CT molecular complexity index is 651. The molecule has 0 aliphatic carbocycles. The molecule has 1 N–H and O–H groups in total. The van der Waals surface area contributed by atoms with Crippen molar-refractivity contribution in [3.8, 4) is 11.5 Å². The lowest BCUT2D eigenvalue weighted by Gasteiger charge is -2.06. The molecule has 2 rings (SSSR count). The predicted octanol–water partition coefficient (Wildman–Crippen LogP) is 5.26. The van der Waals surface area contributed by atoms with Crippen LogP contribution >= 0.6 is 15.9 Å². The first-order chi connectivity index (χ1) is 10.6. The van der Waals surface area contributed by atoms with Gasteiger partial charge >= 0.3 is 0 Å². The second-order valence-corrected chi connectivity index (χ2v) is 5.99. The number of methoxy groups -OCH3 is 1. The molecule has 0 bridgehead atoms. The summed E-state index contributed by atoms with van der Waals surface area (Å²) in [5.74, 6) is 0.514. The van der Waals surface area contributed by atoms with Crippen molar-refractivity contribution in [2.45, 2.75) is 26.2 Å². The number of unbranched alkanes of at least 4 members (excludes halogenated alkanes) is 1. The van der Waals surface area contributed by atoms with Crippen molar-refractivity contribution in [2.24, 2.45) is 4.99 Å². The summed E-state index contributed by atoms with van der Waals surface area (Å²) in [6.45, 7) is 2.19.